The summed E-state index contributed by atoms with van der Waals surface area (Å²) in [6.07, 6.45) is 8.68. The molecule has 0 aromatic carbocycles. The third-order valence-corrected chi connectivity index (χ3v) is 3.73. The zero-order valence-electron chi connectivity index (χ0n) is 8.32. The molecule has 2 unspecified atom stereocenters. The summed E-state index contributed by atoms with van der Waals surface area (Å²) < 4.78 is 0. The summed E-state index contributed by atoms with van der Waals surface area (Å²) in [5.74, 6) is 1.04. The summed E-state index contributed by atoms with van der Waals surface area (Å²) in [6, 6.07) is 0. The van der Waals surface area contributed by atoms with Crippen molar-refractivity contribution in [2.75, 3.05) is 0 Å². The molecular formula is C11H22. The van der Waals surface area contributed by atoms with E-state index in [1.807, 2.05) is 0 Å². The summed E-state index contributed by atoms with van der Waals surface area (Å²) in [4.78, 5) is 0. The number of rotatable bonds is 3. The first-order chi connectivity index (χ1) is 5.23. The molecule has 66 valence electrons. The molecule has 0 spiro atoms. The fourth-order valence-electron chi connectivity index (χ4n) is 2.61. The van der Waals surface area contributed by atoms with E-state index in [0.29, 0.717) is 5.41 Å². The highest BCUT2D eigenvalue weighted by atomic mass is 14.4. The molecule has 0 radical (unpaired) electrons. The summed E-state index contributed by atoms with van der Waals surface area (Å²) in [6.45, 7) is 7.16. The maximum absolute atomic E-state index is 2.49. The highest BCUT2D eigenvalue weighted by Gasteiger charge is 2.35. The standard InChI is InChI=1S/C11H22/c1-4-7-10-8-6-9-11(10,3)5-2/h10H,4-9H2,1-3H3. The average Bonchev–Trinajstić information content (AvgIpc) is 2.35. The second kappa shape index (κ2) is 3.60. The quantitative estimate of drug-likeness (QED) is 0.576. The Labute approximate surface area is 71.4 Å². The summed E-state index contributed by atoms with van der Waals surface area (Å²) in [5.41, 5.74) is 0.704. The molecule has 0 saturated heterocycles. The van der Waals surface area contributed by atoms with Crippen molar-refractivity contribution in [3.63, 3.8) is 0 Å². The average molecular weight is 154 g/mol. The lowest BCUT2D eigenvalue weighted by molar-refractivity contribution is 0.206. The molecule has 2 atom stereocenters. The van der Waals surface area contributed by atoms with Crippen molar-refractivity contribution < 1.29 is 0 Å². The van der Waals surface area contributed by atoms with Crippen molar-refractivity contribution in [2.24, 2.45) is 11.3 Å². The molecule has 0 nitrogen and oxygen atoms in total. The SMILES string of the molecule is CCCC1CCCC1(C)CC. The molecule has 11 heavy (non-hydrogen) atoms. The normalized spacial score (nSPS) is 37.9. The molecule has 0 aromatic rings. The molecule has 0 amide bonds. The first-order valence-electron chi connectivity index (χ1n) is 5.23. The minimum atomic E-state index is 0.704. The molecule has 1 rings (SSSR count). The van der Waals surface area contributed by atoms with Gasteiger partial charge in [0.05, 0.1) is 0 Å². The van der Waals surface area contributed by atoms with E-state index in [0.717, 1.165) is 5.92 Å². The van der Waals surface area contributed by atoms with Gasteiger partial charge in [-0.25, -0.2) is 0 Å². The summed E-state index contributed by atoms with van der Waals surface area (Å²) in [7, 11) is 0. The lowest BCUT2D eigenvalue weighted by Crippen LogP contribution is -2.20. The van der Waals surface area contributed by atoms with Crippen LogP contribution in [0, 0.1) is 11.3 Å². The monoisotopic (exact) mass is 154 g/mol. The molecule has 1 fully saturated rings. The Kier molecular flexibility index (Phi) is 2.98. The van der Waals surface area contributed by atoms with Crippen LogP contribution in [0.15, 0.2) is 0 Å². The van der Waals surface area contributed by atoms with Crippen LogP contribution in [0.5, 0.6) is 0 Å². The molecule has 0 N–H and O–H groups in total. The van der Waals surface area contributed by atoms with Crippen LogP contribution in [-0.4, -0.2) is 0 Å². The van der Waals surface area contributed by atoms with Crippen molar-refractivity contribution >= 4 is 0 Å². The lowest BCUT2D eigenvalue weighted by Gasteiger charge is -2.30. The van der Waals surface area contributed by atoms with E-state index in [9.17, 15) is 0 Å². The van der Waals surface area contributed by atoms with Crippen LogP contribution in [0.25, 0.3) is 0 Å². The van der Waals surface area contributed by atoms with Crippen LogP contribution < -0.4 is 0 Å². The second-order valence-electron chi connectivity index (χ2n) is 4.39. The fraction of sp³-hybridized carbons (Fsp3) is 1.00. The third-order valence-electron chi connectivity index (χ3n) is 3.73. The van der Waals surface area contributed by atoms with Crippen molar-refractivity contribution in [3.8, 4) is 0 Å². The molecule has 1 aliphatic rings. The van der Waals surface area contributed by atoms with Crippen molar-refractivity contribution in [3.05, 3.63) is 0 Å². The van der Waals surface area contributed by atoms with Gasteiger partial charge in [0.1, 0.15) is 0 Å². The van der Waals surface area contributed by atoms with Gasteiger partial charge in [-0.05, 0) is 24.2 Å². The second-order valence-corrected chi connectivity index (χ2v) is 4.39. The minimum absolute atomic E-state index is 0.704. The van der Waals surface area contributed by atoms with Crippen molar-refractivity contribution in [1.82, 2.24) is 0 Å². The van der Waals surface area contributed by atoms with Gasteiger partial charge in [-0.2, -0.15) is 0 Å². The fourth-order valence-corrected chi connectivity index (χ4v) is 2.61. The van der Waals surface area contributed by atoms with E-state index in [-0.39, 0.29) is 0 Å². The van der Waals surface area contributed by atoms with Gasteiger partial charge in [0.25, 0.3) is 0 Å². The lowest BCUT2D eigenvalue weighted by atomic mass is 9.76. The van der Waals surface area contributed by atoms with Gasteiger partial charge < -0.3 is 0 Å². The Bertz CT molecular complexity index is 117. The maximum atomic E-state index is 2.49. The highest BCUT2D eigenvalue weighted by molar-refractivity contribution is 4.86. The van der Waals surface area contributed by atoms with Gasteiger partial charge in [0.15, 0.2) is 0 Å². The zero-order valence-corrected chi connectivity index (χ0v) is 8.32. The van der Waals surface area contributed by atoms with E-state index < -0.39 is 0 Å². The van der Waals surface area contributed by atoms with E-state index in [1.54, 1.807) is 0 Å². The Morgan fingerprint density at radius 2 is 2.09 bits per heavy atom. The Morgan fingerprint density at radius 1 is 1.36 bits per heavy atom. The zero-order chi connectivity index (χ0) is 8.32. The van der Waals surface area contributed by atoms with Crippen molar-refractivity contribution in [1.29, 1.82) is 0 Å². The summed E-state index contributed by atoms with van der Waals surface area (Å²) >= 11 is 0. The van der Waals surface area contributed by atoms with Gasteiger partial charge in [-0.15, -0.1) is 0 Å². The minimum Gasteiger partial charge on any atom is -0.0654 e. The largest absolute Gasteiger partial charge is 0.0654 e. The summed E-state index contributed by atoms with van der Waals surface area (Å²) in [5, 5.41) is 0. The topological polar surface area (TPSA) is 0 Å². The van der Waals surface area contributed by atoms with E-state index in [1.165, 1.54) is 38.5 Å². The predicted molar refractivity (Wildman–Crippen MR) is 50.6 cm³/mol. The smallest absolute Gasteiger partial charge is 0.0300 e. The Balaban J connectivity index is 2.49. The molecule has 0 aliphatic heterocycles. The van der Waals surface area contributed by atoms with E-state index in [2.05, 4.69) is 20.8 Å². The van der Waals surface area contributed by atoms with Gasteiger partial charge in [-0.1, -0.05) is 46.5 Å². The Hall–Kier alpha value is 0. The van der Waals surface area contributed by atoms with Crippen molar-refractivity contribution in [2.45, 2.75) is 59.3 Å². The van der Waals surface area contributed by atoms with Crippen LogP contribution in [0.2, 0.25) is 0 Å². The van der Waals surface area contributed by atoms with Crippen LogP contribution in [0.4, 0.5) is 0 Å². The highest BCUT2D eigenvalue weighted by Crippen LogP contribution is 2.47. The maximum Gasteiger partial charge on any atom is -0.0300 e. The number of hydrogen-bond acceptors (Lipinski definition) is 0. The molecule has 0 heterocycles. The Morgan fingerprint density at radius 3 is 2.64 bits per heavy atom. The van der Waals surface area contributed by atoms with Gasteiger partial charge >= 0.3 is 0 Å². The predicted octanol–water partition coefficient (Wildman–Crippen LogP) is 4.00. The molecule has 0 aromatic heterocycles. The molecule has 1 aliphatic carbocycles. The van der Waals surface area contributed by atoms with Crippen LogP contribution in [0.1, 0.15) is 59.3 Å². The number of hydrogen-bond donors (Lipinski definition) is 0. The molecular weight excluding hydrogens is 132 g/mol. The van der Waals surface area contributed by atoms with Crippen LogP contribution >= 0.6 is 0 Å². The van der Waals surface area contributed by atoms with Crippen LogP contribution in [0.3, 0.4) is 0 Å². The molecule has 0 bridgehead atoms. The molecule has 1 saturated carbocycles. The van der Waals surface area contributed by atoms with Gasteiger partial charge in [-0.3, -0.25) is 0 Å². The van der Waals surface area contributed by atoms with Crippen LogP contribution in [-0.2, 0) is 0 Å². The first kappa shape index (κ1) is 9.09. The third kappa shape index (κ3) is 1.77. The molecule has 0 heteroatoms. The van der Waals surface area contributed by atoms with Gasteiger partial charge in [0, 0.05) is 0 Å². The van der Waals surface area contributed by atoms with Gasteiger partial charge in [0.2, 0.25) is 0 Å². The van der Waals surface area contributed by atoms with E-state index >= 15 is 0 Å². The van der Waals surface area contributed by atoms with E-state index in [4.69, 9.17) is 0 Å². The first-order valence-corrected chi connectivity index (χ1v) is 5.23.